The second-order valence-electron chi connectivity index (χ2n) is 4.79. The molecule has 0 radical (unpaired) electrons. The number of hydrogen-bond donors (Lipinski definition) is 0. The van der Waals surface area contributed by atoms with E-state index < -0.39 is 15.8 Å². The molecule has 4 nitrogen and oxygen atoms in total. The van der Waals surface area contributed by atoms with Crippen molar-refractivity contribution in [2.45, 2.75) is 11.4 Å². The molecule has 0 saturated heterocycles. The molecule has 0 spiro atoms. The molecule has 0 bridgehead atoms. The fourth-order valence-corrected chi connectivity index (χ4v) is 3.84. The zero-order chi connectivity index (χ0) is 17.2. The number of benzene rings is 2. The van der Waals surface area contributed by atoms with Crippen molar-refractivity contribution in [3.05, 3.63) is 57.3 Å². The molecule has 0 N–H and O–H groups in total. The quantitative estimate of drug-likeness (QED) is 0.730. The minimum Gasteiger partial charge on any atom is -0.496 e. The van der Waals surface area contributed by atoms with Crippen LogP contribution in [0.15, 0.2) is 45.8 Å². The van der Waals surface area contributed by atoms with Crippen molar-refractivity contribution >= 4 is 37.6 Å². The molecule has 2 aromatic rings. The molecule has 0 amide bonds. The van der Waals surface area contributed by atoms with Crippen molar-refractivity contribution in [3.8, 4) is 5.75 Å². The summed E-state index contributed by atoms with van der Waals surface area (Å²) in [5.41, 5.74) is 0.696. The van der Waals surface area contributed by atoms with Crippen molar-refractivity contribution in [1.82, 2.24) is 4.31 Å². The number of halogens is 3. The predicted molar refractivity (Wildman–Crippen MR) is 90.8 cm³/mol. The third-order valence-electron chi connectivity index (χ3n) is 3.23. The predicted octanol–water partition coefficient (Wildman–Crippen LogP) is 4.07. The van der Waals surface area contributed by atoms with Crippen LogP contribution in [0, 0.1) is 5.82 Å². The Kier molecular flexibility index (Phi) is 5.67. The molecular formula is C15H14BrClFNO3S. The Morgan fingerprint density at radius 3 is 2.57 bits per heavy atom. The molecule has 0 aliphatic heterocycles. The van der Waals surface area contributed by atoms with Gasteiger partial charge in [0.05, 0.1) is 17.0 Å². The average molecular weight is 423 g/mol. The Labute approximate surface area is 148 Å². The lowest BCUT2D eigenvalue weighted by Gasteiger charge is -2.19. The van der Waals surface area contributed by atoms with Crippen LogP contribution >= 0.6 is 27.5 Å². The Morgan fingerprint density at radius 2 is 1.96 bits per heavy atom. The van der Waals surface area contributed by atoms with Crippen molar-refractivity contribution in [2.75, 3.05) is 14.2 Å². The molecule has 0 aliphatic rings. The van der Waals surface area contributed by atoms with Crippen LogP contribution in [-0.2, 0) is 16.6 Å². The summed E-state index contributed by atoms with van der Waals surface area (Å²) < 4.78 is 45.6. The van der Waals surface area contributed by atoms with Gasteiger partial charge >= 0.3 is 0 Å². The van der Waals surface area contributed by atoms with Crippen LogP contribution in [-0.4, -0.2) is 26.9 Å². The Bertz CT molecular complexity index is 829. The summed E-state index contributed by atoms with van der Waals surface area (Å²) in [5, 5.41) is -0.237. The van der Waals surface area contributed by atoms with E-state index in [2.05, 4.69) is 15.9 Å². The van der Waals surface area contributed by atoms with E-state index in [1.165, 1.54) is 20.2 Å². The average Bonchev–Trinajstić information content (AvgIpc) is 2.50. The molecule has 0 unspecified atom stereocenters. The Balaban J connectivity index is 2.34. The molecule has 2 rings (SSSR count). The summed E-state index contributed by atoms with van der Waals surface area (Å²) in [7, 11) is -0.851. The normalized spacial score (nSPS) is 11.7. The topological polar surface area (TPSA) is 46.6 Å². The lowest BCUT2D eigenvalue weighted by atomic mass is 10.2. The maximum atomic E-state index is 13.2. The van der Waals surface area contributed by atoms with Crippen LogP contribution in [0.5, 0.6) is 5.75 Å². The van der Waals surface area contributed by atoms with Crippen LogP contribution < -0.4 is 4.74 Å². The van der Waals surface area contributed by atoms with E-state index in [9.17, 15) is 12.8 Å². The van der Waals surface area contributed by atoms with Gasteiger partial charge in [0.2, 0.25) is 10.0 Å². The fraction of sp³-hybridized carbons (Fsp3) is 0.200. The summed E-state index contributed by atoms with van der Waals surface area (Å²) >= 11 is 9.01. The molecule has 0 heterocycles. The molecule has 0 aromatic heterocycles. The zero-order valence-electron chi connectivity index (χ0n) is 12.4. The number of ether oxygens (including phenoxy) is 1. The molecule has 23 heavy (non-hydrogen) atoms. The van der Waals surface area contributed by atoms with Crippen molar-refractivity contribution in [3.63, 3.8) is 0 Å². The summed E-state index contributed by atoms with van der Waals surface area (Å²) in [6.45, 7) is 0.0972. The highest BCUT2D eigenvalue weighted by Gasteiger charge is 2.23. The van der Waals surface area contributed by atoms with Crippen molar-refractivity contribution < 1.29 is 17.5 Å². The van der Waals surface area contributed by atoms with Gasteiger partial charge in [-0.1, -0.05) is 27.5 Å². The third-order valence-corrected chi connectivity index (χ3v) is 5.82. The van der Waals surface area contributed by atoms with Crippen LogP contribution in [0.4, 0.5) is 4.39 Å². The first kappa shape index (κ1) is 18.2. The molecule has 0 saturated carbocycles. The lowest BCUT2D eigenvalue weighted by Crippen LogP contribution is -2.26. The van der Waals surface area contributed by atoms with Crippen molar-refractivity contribution in [2.24, 2.45) is 0 Å². The van der Waals surface area contributed by atoms with Gasteiger partial charge in [0, 0.05) is 23.6 Å². The van der Waals surface area contributed by atoms with Gasteiger partial charge in [0.15, 0.2) is 0 Å². The van der Waals surface area contributed by atoms with E-state index in [1.807, 2.05) is 0 Å². The fourth-order valence-electron chi connectivity index (χ4n) is 2.01. The molecule has 0 aliphatic carbocycles. The summed E-state index contributed by atoms with van der Waals surface area (Å²) in [4.78, 5) is -0.0691. The van der Waals surface area contributed by atoms with Gasteiger partial charge in [-0.05, 0) is 36.4 Å². The summed E-state index contributed by atoms with van der Waals surface area (Å²) in [6, 6.07) is 8.64. The highest BCUT2D eigenvalue weighted by atomic mass is 79.9. The number of methoxy groups -OCH3 is 1. The third kappa shape index (κ3) is 4.03. The van der Waals surface area contributed by atoms with Gasteiger partial charge in [0.1, 0.15) is 11.6 Å². The lowest BCUT2D eigenvalue weighted by molar-refractivity contribution is 0.398. The first-order chi connectivity index (χ1) is 10.8. The first-order valence-electron chi connectivity index (χ1n) is 6.49. The minimum atomic E-state index is -3.80. The van der Waals surface area contributed by atoms with E-state index in [1.54, 1.807) is 18.2 Å². The van der Waals surface area contributed by atoms with Gasteiger partial charge in [-0.25, -0.2) is 12.8 Å². The molecular weight excluding hydrogens is 409 g/mol. The van der Waals surface area contributed by atoms with E-state index >= 15 is 0 Å². The van der Waals surface area contributed by atoms with E-state index in [4.69, 9.17) is 16.3 Å². The van der Waals surface area contributed by atoms with E-state index in [-0.39, 0.29) is 16.5 Å². The van der Waals surface area contributed by atoms with E-state index in [0.717, 1.165) is 20.9 Å². The Hall–Kier alpha value is -1.15. The van der Waals surface area contributed by atoms with Gasteiger partial charge in [-0.2, -0.15) is 4.31 Å². The van der Waals surface area contributed by atoms with Gasteiger partial charge in [-0.15, -0.1) is 0 Å². The number of nitrogens with zero attached hydrogens (tertiary/aromatic N) is 1. The van der Waals surface area contributed by atoms with Crippen LogP contribution in [0.2, 0.25) is 5.02 Å². The SMILES string of the molecule is COc1ccc(Br)cc1CN(C)S(=O)(=O)c1ccc(F)c(Cl)c1. The molecule has 8 heteroatoms. The number of sulfonamides is 1. The number of rotatable bonds is 5. The second kappa shape index (κ2) is 7.17. The first-order valence-corrected chi connectivity index (χ1v) is 9.10. The largest absolute Gasteiger partial charge is 0.496 e. The standard InChI is InChI=1S/C15H14BrClFNO3S/c1-19(9-10-7-11(16)3-6-15(10)22-2)23(20,21)12-4-5-14(18)13(17)8-12/h3-8H,9H2,1-2H3. The zero-order valence-corrected chi connectivity index (χ0v) is 15.5. The smallest absolute Gasteiger partial charge is 0.243 e. The van der Waals surface area contributed by atoms with E-state index in [0.29, 0.717) is 11.3 Å². The molecule has 0 atom stereocenters. The second-order valence-corrected chi connectivity index (χ2v) is 8.16. The number of hydrogen-bond acceptors (Lipinski definition) is 3. The maximum Gasteiger partial charge on any atom is 0.243 e. The van der Waals surface area contributed by atoms with Crippen LogP contribution in [0.25, 0.3) is 0 Å². The van der Waals surface area contributed by atoms with Crippen LogP contribution in [0.3, 0.4) is 0 Å². The molecule has 0 fully saturated rings. The molecule has 124 valence electrons. The highest BCUT2D eigenvalue weighted by Crippen LogP contribution is 2.27. The maximum absolute atomic E-state index is 13.2. The molecule has 2 aromatic carbocycles. The monoisotopic (exact) mass is 421 g/mol. The Morgan fingerprint density at radius 1 is 1.26 bits per heavy atom. The van der Waals surface area contributed by atoms with Crippen molar-refractivity contribution in [1.29, 1.82) is 0 Å². The van der Waals surface area contributed by atoms with Crippen LogP contribution in [0.1, 0.15) is 5.56 Å². The van der Waals surface area contributed by atoms with Gasteiger partial charge in [0.25, 0.3) is 0 Å². The van der Waals surface area contributed by atoms with Gasteiger partial charge < -0.3 is 4.74 Å². The summed E-state index contributed by atoms with van der Waals surface area (Å²) in [5.74, 6) is -0.0886. The summed E-state index contributed by atoms with van der Waals surface area (Å²) in [6.07, 6.45) is 0. The van der Waals surface area contributed by atoms with Gasteiger partial charge in [-0.3, -0.25) is 0 Å². The minimum absolute atomic E-state index is 0.0691. The highest BCUT2D eigenvalue weighted by molar-refractivity contribution is 9.10.